The van der Waals surface area contributed by atoms with Crippen molar-refractivity contribution in [1.29, 1.82) is 0 Å². The van der Waals surface area contributed by atoms with Gasteiger partial charge in [-0.1, -0.05) is 0 Å². The SMILES string of the molecule is CCN(CC)C(=O)[C@@H]1CCC(=O)N1Cc1ccco1. The molecule has 0 saturated carbocycles. The van der Waals surface area contributed by atoms with Crippen LogP contribution in [0.3, 0.4) is 0 Å². The van der Waals surface area contributed by atoms with E-state index in [1.165, 1.54) is 0 Å². The first-order chi connectivity index (χ1) is 9.17. The van der Waals surface area contributed by atoms with Crippen LogP contribution in [0.25, 0.3) is 0 Å². The Morgan fingerprint density at radius 1 is 1.47 bits per heavy atom. The van der Waals surface area contributed by atoms with Gasteiger partial charge in [0.05, 0.1) is 12.8 Å². The average Bonchev–Trinajstić information content (AvgIpc) is 3.03. The molecule has 1 aliphatic heterocycles. The number of furan rings is 1. The van der Waals surface area contributed by atoms with Crippen LogP contribution in [0, 0.1) is 0 Å². The van der Waals surface area contributed by atoms with Gasteiger partial charge in [0.2, 0.25) is 11.8 Å². The van der Waals surface area contributed by atoms with Crippen LogP contribution < -0.4 is 0 Å². The minimum atomic E-state index is -0.336. The van der Waals surface area contributed by atoms with Crippen molar-refractivity contribution in [2.45, 2.75) is 39.3 Å². The molecule has 1 aliphatic rings. The van der Waals surface area contributed by atoms with Gasteiger partial charge in [0, 0.05) is 19.5 Å². The third-order valence-electron chi connectivity index (χ3n) is 3.59. The molecule has 2 rings (SSSR count). The lowest BCUT2D eigenvalue weighted by molar-refractivity contribution is -0.141. The Bertz CT molecular complexity index is 438. The fourth-order valence-electron chi connectivity index (χ4n) is 2.51. The van der Waals surface area contributed by atoms with E-state index in [2.05, 4.69) is 0 Å². The Kier molecular flexibility index (Phi) is 4.24. The molecule has 104 valence electrons. The van der Waals surface area contributed by atoms with Gasteiger partial charge in [-0.05, 0) is 32.4 Å². The van der Waals surface area contributed by atoms with E-state index < -0.39 is 0 Å². The number of nitrogens with zero attached hydrogens (tertiary/aromatic N) is 2. The number of rotatable bonds is 5. The summed E-state index contributed by atoms with van der Waals surface area (Å²) in [5, 5.41) is 0. The molecule has 1 atom stereocenters. The summed E-state index contributed by atoms with van der Waals surface area (Å²) in [4.78, 5) is 27.7. The Hall–Kier alpha value is -1.78. The van der Waals surface area contributed by atoms with Gasteiger partial charge in [-0.3, -0.25) is 9.59 Å². The van der Waals surface area contributed by atoms with Crippen molar-refractivity contribution in [1.82, 2.24) is 9.80 Å². The normalized spacial score (nSPS) is 18.9. The first-order valence-electron chi connectivity index (χ1n) is 6.78. The van der Waals surface area contributed by atoms with Gasteiger partial charge in [0.25, 0.3) is 0 Å². The summed E-state index contributed by atoms with van der Waals surface area (Å²) in [6.07, 6.45) is 2.63. The van der Waals surface area contributed by atoms with Gasteiger partial charge in [-0.15, -0.1) is 0 Å². The monoisotopic (exact) mass is 264 g/mol. The molecule has 1 saturated heterocycles. The Morgan fingerprint density at radius 3 is 2.79 bits per heavy atom. The zero-order valence-corrected chi connectivity index (χ0v) is 11.5. The predicted molar refractivity (Wildman–Crippen MR) is 70.2 cm³/mol. The highest BCUT2D eigenvalue weighted by molar-refractivity contribution is 5.90. The van der Waals surface area contributed by atoms with E-state index in [1.807, 2.05) is 19.9 Å². The second kappa shape index (κ2) is 5.91. The predicted octanol–water partition coefficient (Wildman–Crippen LogP) is 1.64. The summed E-state index contributed by atoms with van der Waals surface area (Å²) in [6.45, 7) is 5.64. The maximum absolute atomic E-state index is 12.4. The second-order valence-electron chi connectivity index (χ2n) is 4.67. The molecule has 0 bridgehead atoms. The summed E-state index contributed by atoms with van der Waals surface area (Å²) in [5.41, 5.74) is 0. The highest BCUT2D eigenvalue weighted by Crippen LogP contribution is 2.23. The van der Waals surface area contributed by atoms with E-state index >= 15 is 0 Å². The topological polar surface area (TPSA) is 53.8 Å². The minimum absolute atomic E-state index is 0.0295. The van der Waals surface area contributed by atoms with Gasteiger partial charge in [0.15, 0.2) is 0 Å². The third kappa shape index (κ3) is 2.80. The molecule has 2 amide bonds. The van der Waals surface area contributed by atoms with Gasteiger partial charge in [-0.25, -0.2) is 0 Å². The smallest absolute Gasteiger partial charge is 0.245 e. The van der Waals surface area contributed by atoms with Crippen molar-refractivity contribution in [2.24, 2.45) is 0 Å². The van der Waals surface area contributed by atoms with Crippen molar-refractivity contribution in [3.63, 3.8) is 0 Å². The number of hydrogen-bond donors (Lipinski definition) is 0. The fraction of sp³-hybridized carbons (Fsp3) is 0.571. The van der Waals surface area contributed by atoms with Crippen LogP contribution in [0.2, 0.25) is 0 Å². The molecule has 5 heteroatoms. The van der Waals surface area contributed by atoms with Crippen LogP contribution in [-0.4, -0.2) is 40.7 Å². The maximum atomic E-state index is 12.4. The van der Waals surface area contributed by atoms with E-state index in [9.17, 15) is 9.59 Å². The Morgan fingerprint density at radius 2 is 2.21 bits per heavy atom. The van der Waals surface area contributed by atoms with Gasteiger partial charge >= 0.3 is 0 Å². The molecular formula is C14H20N2O3. The van der Waals surface area contributed by atoms with Gasteiger partial charge in [-0.2, -0.15) is 0 Å². The van der Waals surface area contributed by atoms with E-state index in [0.717, 1.165) is 0 Å². The zero-order valence-electron chi connectivity index (χ0n) is 11.5. The number of hydrogen-bond acceptors (Lipinski definition) is 3. The lowest BCUT2D eigenvalue weighted by Crippen LogP contribution is -2.46. The molecule has 1 aromatic rings. The third-order valence-corrected chi connectivity index (χ3v) is 3.59. The number of carbonyl (C=O) groups is 2. The summed E-state index contributed by atoms with van der Waals surface area (Å²) in [6, 6.07) is 3.28. The number of carbonyl (C=O) groups excluding carboxylic acids is 2. The molecule has 2 heterocycles. The maximum Gasteiger partial charge on any atom is 0.245 e. The molecule has 0 unspecified atom stereocenters. The Balaban J connectivity index is 2.10. The Labute approximate surface area is 113 Å². The molecule has 1 aromatic heterocycles. The molecule has 0 aliphatic carbocycles. The van der Waals surface area contributed by atoms with Crippen LogP contribution in [0.1, 0.15) is 32.4 Å². The lowest BCUT2D eigenvalue weighted by atomic mass is 10.2. The van der Waals surface area contributed by atoms with E-state index in [4.69, 9.17) is 4.42 Å². The molecule has 1 fully saturated rings. The summed E-state index contributed by atoms with van der Waals surface area (Å²) < 4.78 is 5.27. The van der Waals surface area contributed by atoms with Gasteiger partial charge in [0.1, 0.15) is 11.8 Å². The summed E-state index contributed by atoms with van der Waals surface area (Å²) >= 11 is 0. The minimum Gasteiger partial charge on any atom is -0.467 e. The van der Waals surface area contributed by atoms with E-state index in [0.29, 0.717) is 38.2 Å². The molecule has 0 spiro atoms. The fourth-order valence-corrected chi connectivity index (χ4v) is 2.51. The molecule has 19 heavy (non-hydrogen) atoms. The molecule has 0 radical (unpaired) electrons. The van der Waals surface area contributed by atoms with Crippen LogP contribution in [0.15, 0.2) is 22.8 Å². The van der Waals surface area contributed by atoms with Crippen molar-refractivity contribution in [3.8, 4) is 0 Å². The van der Waals surface area contributed by atoms with Crippen LogP contribution >= 0.6 is 0 Å². The van der Waals surface area contributed by atoms with E-state index in [-0.39, 0.29) is 17.9 Å². The van der Waals surface area contributed by atoms with Crippen molar-refractivity contribution in [3.05, 3.63) is 24.2 Å². The first-order valence-corrected chi connectivity index (χ1v) is 6.78. The van der Waals surface area contributed by atoms with Crippen LogP contribution in [0.4, 0.5) is 0 Å². The van der Waals surface area contributed by atoms with Crippen molar-refractivity contribution in [2.75, 3.05) is 13.1 Å². The zero-order chi connectivity index (χ0) is 13.8. The molecule has 5 nitrogen and oxygen atoms in total. The van der Waals surface area contributed by atoms with Crippen molar-refractivity contribution >= 4 is 11.8 Å². The number of likely N-dealkylation sites (N-methyl/N-ethyl adjacent to an activating group) is 1. The molecule has 0 N–H and O–H groups in total. The van der Waals surface area contributed by atoms with Crippen LogP contribution in [-0.2, 0) is 16.1 Å². The quantitative estimate of drug-likeness (QED) is 0.812. The summed E-state index contributed by atoms with van der Waals surface area (Å²) in [7, 11) is 0. The van der Waals surface area contributed by atoms with Crippen LogP contribution in [0.5, 0.6) is 0 Å². The largest absolute Gasteiger partial charge is 0.467 e. The highest BCUT2D eigenvalue weighted by atomic mass is 16.3. The number of amides is 2. The highest BCUT2D eigenvalue weighted by Gasteiger charge is 2.37. The number of likely N-dealkylation sites (tertiary alicyclic amines) is 1. The van der Waals surface area contributed by atoms with Crippen molar-refractivity contribution < 1.29 is 14.0 Å². The van der Waals surface area contributed by atoms with E-state index in [1.54, 1.807) is 22.1 Å². The molecule has 0 aromatic carbocycles. The molecular weight excluding hydrogens is 244 g/mol. The average molecular weight is 264 g/mol. The standard InChI is InChI=1S/C14H20N2O3/c1-3-15(4-2)14(18)12-7-8-13(17)16(12)10-11-6-5-9-19-11/h5-6,9,12H,3-4,7-8,10H2,1-2H3/t12-/m0/s1. The van der Waals surface area contributed by atoms with Gasteiger partial charge < -0.3 is 14.2 Å². The second-order valence-corrected chi connectivity index (χ2v) is 4.67. The summed E-state index contributed by atoms with van der Waals surface area (Å²) in [5.74, 6) is 0.789. The first kappa shape index (κ1) is 13.6. The lowest BCUT2D eigenvalue weighted by Gasteiger charge is -2.28.